The third-order valence-electron chi connectivity index (χ3n) is 4.14. The topological polar surface area (TPSA) is 34.0 Å². The van der Waals surface area contributed by atoms with Gasteiger partial charge in [0.1, 0.15) is 0 Å². The molecule has 0 spiro atoms. The Balaban J connectivity index is 2.21. The second kappa shape index (κ2) is 5.49. The second-order valence-electron chi connectivity index (χ2n) is 6.00. The third kappa shape index (κ3) is 2.66. The molecule has 3 rings (SSSR count). The van der Waals surface area contributed by atoms with Crippen molar-refractivity contribution in [3.05, 3.63) is 57.4 Å². The van der Waals surface area contributed by atoms with E-state index in [-0.39, 0.29) is 5.56 Å². The van der Waals surface area contributed by atoms with E-state index in [1.165, 1.54) is 16.7 Å². The maximum atomic E-state index is 12.8. The maximum Gasteiger partial charge on any atom is 0.255 e. The molecular weight excluding hydrogens is 260 g/mol. The minimum Gasteiger partial charge on any atom is -0.315 e. The van der Waals surface area contributed by atoms with E-state index in [9.17, 15) is 4.79 Å². The zero-order valence-electron chi connectivity index (χ0n) is 12.9. The Morgan fingerprint density at radius 3 is 2.62 bits per heavy atom. The van der Waals surface area contributed by atoms with Crippen molar-refractivity contribution in [1.82, 2.24) is 9.88 Å². The first-order valence-corrected chi connectivity index (χ1v) is 7.58. The minimum absolute atomic E-state index is 0.158. The van der Waals surface area contributed by atoms with Gasteiger partial charge in [-0.3, -0.25) is 4.79 Å². The number of aryl methyl sites for hydroxylation is 2. The average Bonchev–Trinajstić information content (AvgIpc) is 3.28. The molecule has 3 nitrogen and oxygen atoms in total. The van der Waals surface area contributed by atoms with Crippen LogP contribution in [0.4, 0.5) is 0 Å². The van der Waals surface area contributed by atoms with E-state index in [0.29, 0.717) is 12.6 Å². The smallest absolute Gasteiger partial charge is 0.255 e. The predicted molar refractivity (Wildman–Crippen MR) is 86.6 cm³/mol. The van der Waals surface area contributed by atoms with Crippen LogP contribution in [-0.4, -0.2) is 11.6 Å². The van der Waals surface area contributed by atoms with Gasteiger partial charge in [-0.25, -0.2) is 0 Å². The molecule has 1 aromatic carbocycles. The van der Waals surface area contributed by atoms with Crippen molar-refractivity contribution in [2.75, 3.05) is 7.05 Å². The normalized spacial score (nSPS) is 14.4. The summed E-state index contributed by atoms with van der Waals surface area (Å²) in [4.78, 5) is 12.8. The SMILES string of the molecule is CNCc1ccc(-c2cc(C)ccc2C)n(C2CC2)c1=O. The third-order valence-corrected chi connectivity index (χ3v) is 4.14. The summed E-state index contributed by atoms with van der Waals surface area (Å²) in [6.45, 7) is 4.83. The molecule has 21 heavy (non-hydrogen) atoms. The monoisotopic (exact) mass is 282 g/mol. The van der Waals surface area contributed by atoms with Crippen molar-refractivity contribution < 1.29 is 0 Å². The molecule has 0 unspecified atom stereocenters. The van der Waals surface area contributed by atoms with Gasteiger partial charge in [-0.05, 0) is 51.4 Å². The lowest BCUT2D eigenvalue weighted by Crippen LogP contribution is -2.26. The van der Waals surface area contributed by atoms with Crippen molar-refractivity contribution in [3.63, 3.8) is 0 Å². The molecule has 110 valence electrons. The van der Waals surface area contributed by atoms with Gasteiger partial charge in [0.25, 0.3) is 5.56 Å². The van der Waals surface area contributed by atoms with Crippen LogP contribution in [0.5, 0.6) is 0 Å². The number of nitrogens with zero attached hydrogens (tertiary/aromatic N) is 1. The van der Waals surface area contributed by atoms with Crippen molar-refractivity contribution in [1.29, 1.82) is 0 Å². The average molecular weight is 282 g/mol. The number of pyridine rings is 1. The molecule has 1 saturated carbocycles. The van der Waals surface area contributed by atoms with Crippen LogP contribution in [0.1, 0.15) is 35.6 Å². The summed E-state index contributed by atoms with van der Waals surface area (Å²) in [6.07, 6.45) is 2.22. The Bertz CT molecular complexity index is 726. The van der Waals surface area contributed by atoms with Crippen LogP contribution < -0.4 is 10.9 Å². The van der Waals surface area contributed by atoms with Gasteiger partial charge in [-0.15, -0.1) is 0 Å². The number of benzene rings is 1. The highest BCUT2D eigenvalue weighted by molar-refractivity contribution is 5.65. The largest absolute Gasteiger partial charge is 0.315 e. The van der Waals surface area contributed by atoms with Gasteiger partial charge in [0.05, 0.1) is 5.69 Å². The number of hydrogen-bond donors (Lipinski definition) is 1. The zero-order valence-corrected chi connectivity index (χ0v) is 12.9. The molecule has 1 aliphatic carbocycles. The fourth-order valence-corrected chi connectivity index (χ4v) is 2.85. The minimum atomic E-state index is 0.158. The van der Waals surface area contributed by atoms with Crippen LogP contribution in [0.2, 0.25) is 0 Å². The molecule has 2 aromatic rings. The second-order valence-corrected chi connectivity index (χ2v) is 6.00. The molecule has 1 heterocycles. The summed E-state index contributed by atoms with van der Waals surface area (Å²) in [7, 11) is 1.87. The van der Waals surface area contributed by atoms with Gasteiger partial charge < -0.3 is 9.88 Å². The standard InChI is InChI=1S/C18H22N2O/c1-12-4-5-13(2)16(10-12)17-9-6-14(11-19-3)18(21)20(17)15-7-8-15/h4-6,9-10,15,19H,7-8,11H2,1-3H3. The predicted octanol–water partition coefficient (Wildman–Crippen LogP) is 3.19. The summed E-state index contributed by atoms with van der Waals surface area (Å²) >= 11 is 0. The fraction of sp³-hybridized carbons (Fsp3) is 0.389. The van der Waals surface area contributed by atoms with E-state index in [4.69, 9.17) is 0 Å². The highest BCUT2D eigenvalue weighted by Gasteiger charge is 2.28. The summed E-state index contributed by atoms with van der Waals surface area (Å²) in [6, 6.07) is 10.9. The molecule has 1 aromatic heterocycles. The number of aromatic nitrogens is 1. The molecule has 1 N–H and O–H groups in total. The van der Waals surface area contributed by atoms with Crippen molar-refractivity contribution in [3.8, 4) is 11.3 Å². The molecule has 0 saturated heterocycles. The van der Waals surface area contributed by atoms with Gasteiger partial charge in [0, 0.05) is 23.7 Å². The lowest BCUT2D eigenvalue weighted by atomic mass is 10.0. The maximum absolute atomic E-state index is 12.8. The molecule has 0 aliphatic heterocycles. The summed E-state index contributed by atoms with van der Waals surface area (Å²) < 4.78 is 2.01. The molecule has 3 heteroatoms. The van der Waals surface area contributed by atoms with Crippen LogP contribution in [0.3, 0.4) is 0 Å². The van der Waals surface area contributed by atoms with Crippen molar-refractivity contribution >= 4 is 0 Å². The van der Waals surface area contributed by atoms with Gasteiger partial charge in [0.15, 0.2) is 0 Å². The Labute approximate surface area is 125 Å². The summed E-state index contributed by atoms with van der Waals surface area (Å²) in [5.41, 5.74) is 5.68. The molecule has 0 amide bonds. The van der Waals surface area contributed by atoms with Crippen molar-refractivity contribution in [2.45, 2.75) is 39.3 Å². The number of nitrogens with one attached hydrogen (secondary N) is 1. The van der Waals surface area contributed by atoms with E-state index in [2.05, 4.69) is 43.4 Å². The lowest BCUT2D eigenvalue weighted by Gasteiger charge is -2.16. The highest BCUT2D eigenvalue weighted by Crippen LogP contribution is 2.37. The van der Waals surface area contributed by atoms with Crippen LogP contribution >= 0.6 is 0 Å². The molecular formula is C18H22N2O. The van der Waals surface area contributed by atoms with Gasteiger partial charge in [0.2, 0.25) is 0 Å². The van der Waals surface area contributed by atoms with Crippen LogP contribution in [0.25, 0.3) is 11.3 Å². The molecule has 0 radical (unpaired) electrons. The van der Waals surface area contributed by atoms with Gasteiger partial charge >= 0.3 is 0 Å². The zero-order chi connectivity index (χ0) is 15.0. The Kier molecular flexibility index (Phi) is 3.68. The number of hydrogen-bond acceptors (Lipinski definition) is 2. The molecule has 1 aliphatic rings. The van der Waals surface area contributed by atoms with E-state index in [0.717, 1.165) is 24.1 Å². The summed E-state index contributed by atoms with van der Waals surface area (Å²) in [5.74, 6) is 0. The molecule has 1 fully saturated rings. The Morgan fingerprint density at radius 2 is 1.95 bits per heavy atom. The van der Waals surface area contributed by atoms with Gasteiger partial charge in [-0.1, -0.05) is 23.8 Å². The van der Waals surface area contributed by atoms with Crippen LogP contribution in [0.15, 0.2) is 35.1 Å². The first kappa shape index (κ1) is 14.1. The van der Waals surface area contributed by atoms with Crippen molar-refractivity contribution in [2.24, 2.45) is 0 Å². The summed E-state index contributed by atoms with van der Waals surface area (Å²) in [5, 5.41) is 3.08. The first-order valence-electron chi connectivity index (χ1n) is 7.58. The van der Waals surface area contributed by atoms with E-state index < -0.39 is 0 Å². The fourth-order valence-electron chi connectivity index (χ4n) is 2.85. The number of rotatable bonds is 4. The first-order chi connectivity index (χ1) is 10.1. The molecule has 0 atom stereocenters. The van der Waals surface area contributed by atoms with Crippen LogP contribution in [0, 0.1) is 13.8 Å². The Hall–Kier alpha value is -1.87. The van der Waals surface area contributed by atoms with E-state index in [1.54, 1.807) is 0 Å². The Morgan fingerprint density at radius 1 is 1.19 bits per heavy atom. The van der Waals surface area contributed by atoms with E-state index >= 15 is 0 Å². The van der Waals surface area contributed by atoms with Crippen LogP contribution in [-0.2, 0) is 6.54 Å². The lowest BCUT2D eigenvalue weighted by molar-refractivity contribution is 0.691. The highest BCUT2D eigenvalue weighted by atomic mass is 16.1. The molecule has 0 bridgehead atoms. The quantitative estimate of drug-likeness (QED) is 0.934. The van der Waals surface area contributed by atoms with E-state index in [1.807, 2.05) is 17.7 Å². The van der Waals surface area contributed by atoms with Gasteiger partial charge in [-0.2, -0.15) is 0 Å².